The molecule has 3 amide bonds. The van der Waals surface area contributed by atoms with Gasteiger partial charge in [0.25, 0.3) is 0 Å². The molecular weight excluding hydrogens is 474 g/mol. The lowest BCUT2D eigenvalue weighted by atomic mass is 9.99. The molecule has 0 bridgehead atoms. The lowest BCUT2D eigenvalue weighted by Crippen LogP contribution is -2.57. The Morgan fingerprint density at radius 2 is 1.32 bits per heavy atom. The van der Waals surface area contributed by atoms with Gasteiger partial charge in [0.1, 0.15) is 18.1 Å². The van der Waals surface area contributed by atoms with Gasteiger partial charge >= 0.3 is 5.97 Å². The fraction of sp³-hybridized carbons (Fsp3) is 0.630. The third kappa shape index (κ3) is 12.7. The summed E-state index contributed by atoms with van der Waals surface area (Å²) in [5, 5.41) is 17.7. The first-order valence-corrected chi connectivity index (χ1v) is 13.1. The van der Waals surface area contributed by atoms with Gasteiger partial charge in [-0.2, -0.15) is 0 Å². The summed E-state index contributed by atoms with van der Waals surface area (Å²) in [6.07, 6.45) is 2.42. The monoisotopic (exact) mass is 519 g/mol. The first-order valence-electron chi connectivity index (χ1n) is 13.1. The van der Waals surface area contributed by atoms with Gasteiger partial charge in [0, 0.05) is 6.42 Å². The zero-order valence-corrected chi connectivity index (χ0v) is 22.5. The van der Waals surface area contributed by atoms with Crippen molar-refractivity contribution in [2.45, 2.75) is 90.4 Å². The molecule has 10 heteroatoms. The highest BCUT2D eigenvalue weighted by atomic mass is 16.4. The number of hydrogen-bond donors (Lipinski definition) is 6. The number of carbonyl (C=O) groups excluding carboxylic acids is 3. The van der Waals surface area contributed by atoms with E-state index in [2.05, 4.69) is 16.0 Å². The smallest absolute Gasteiger partial charge is 0.326 e. The van der Waals surface area contributed by atoms with Crippen LogP contribution in [-0.4, -0.2) is 59.5 Å². The number of unbranched alkanes of at least 4 members (excludes halogenated alkanes) is 1. The van der Waals surface area contributed by atoms with Gasteiger partial charge in [0.05, 0.1) is 6.04 Å². The molecule has 0 aromatic heterocycles. The number of aliphatic carboxylic acids is 1. The largest absolute Gasteiger partial charge is 0.480 e. The van der Waals surface area contributed by atoms with Crippen molar-refractivity contribution < 1.29 is 24.3 Å². The molecule has 0 radical (unpaired) electrons. The Labute approximate surface area is 220 Å². The van der Waals surface area contributed by atoms with Crippen LogP contribution < -0.4 is 27.4 Å². The minimum absolute atomic E-state index is 0.0872. The second-order valence-corrected chi connectivity index (χ2v) is 10.4. The summed E-state index contributed by atoms with van der Waals surface area (Å²) in [5.41, 5.74) is 12.4. The van der Waals surface area contributed by atoms with Crippen molar-refractivity contribution in [2.24, 2.45) is 23.3 Å². The Kier molecular flexibility index (Phi) is 14.5. The zero-order chi connectivity index (χ0) is 28.0. The molecule has 0 aliphatic rings. The fourth-order valence-corrected chi connectivity index (χ4v) is 3.95. The second kappa shape index (κ2) is 16.7. The SMILES string of the molecule is CC(C)CC(N)C(=O)NC(CC(C)C)C(=O)NC(CCCCN)C(=O)NC(Cc1ccccc1)C(=O)O. The highest BCUT2D eigenvalue weighted by Crippen LogP contribution is 2.10. The van der Waals surface area contributed by atoms with E-state index in [0.29, 0.717) is 32.2 Å². The van der Waals surface area contributed by atoms with Crippen molar-refractivity contribution in [3.8, 4) is 0 Å². The number of carboxylic acid groups (broad SMARTS) is 1. The standard InChI is InChI=1S/C27H45N5O5/c1-17(2)14-20(29)24(33)31-22(15-18(3)4)26(35)30-21(12-8-9-13-28)25(34)32-23(27(36)37)16-19-10-6-5-7-11-19/h5-7,10-11,17-18,20-23H,8-9,12-16,28-29H2,1-4H3,(H,30,35)(H,31,33)(H,32,34)(H,36,37). The third-order valence-corrected chi connectivity index (χ3v) is 5.88. The number of rotatable bonds is 17. The third-order valence-electron chi connectivity index (χ3n) is 5.88. The molecule has 0 spiro atoms. The molecule has 0 aliphatic carbocycles. The molecule has 1 aromatic carbocycles. The molecule has 0 saturated heterocycles. The van der Waals surface area contributed by atoms with E-state index in [1.807, 2.05) is 33.8 Å². The van der Waals surface area contributed by atoms with E-state index < -0.39 is 47.9 Å². The molecule has 4 unspecified atom stereocenters. The zero-order valence-electron chi connectivity index (χ0n) is 22.5. The highest BCUT2D eigenvalue weighted by molar-refractivity contribution is 5.94. The van der Waals surface area contributed by atoms with Crippen LogP contribution >= 0.6 is 0 Å². The van der Waals surface area contributed by atoms with E-state index in [0.717, 1.165) is 5.56 Å². The number of benzene rings is 1. The first kappa shape index (κ1) is 32.0. The average molecular weight is 520 g/mol. The van der Waals surface area contributed by atoms with Crippen molar-refractivity contribution >= 4 is 23.7 Å². The second-order valence-electron chi connectivity index (χ2n) is 10.4. The number of carbonyl (C=O) groups is 4. The molecule has 0 saturated carbocycles. The van der Waals surface area contributed by atoms with Gasteiger partial charge in [0.2, 0.25) is 17.7 Å². The van der Waals surface area contributed by atoms with Crippen molar-refractivity contribution in [1.82, 2.24) is 16.0 Å². The van der Waals surface area contributed by atoms with E-state index in [1.54, 1.807) is 24.3 Å². The molecule has 0 fully saturated rings. The molecule has 1 rings (SSSR count). The Balaban J connectivity index is 3.00. The number of amides is 3. The molecule has 10 nitrogen and oxygen atoms in total. The van der Waals surface area contributed by atoms with Crippen LogP contribution in [-0.2, 0) is 25.6 Å². The predicted molar refractivity (Wildman–Crippen MR) is 143 cm³/mol. The van der Waals surface area contributed by atoms with Gasteiger partial charge in [-0.15, -0.1) is 0 Å². The minimum Gasteiger partial charge on any atom is -0.480 e. The van der Waals surface area contributed by atoms with Gasteiger partial charge in [0.15, 0.2) is 0 Å². The summed E-state index contributed by atoms with van der Waals surface area (Å²) in [6, 6.07) is 5.21. The van der Waals surface area contributed by atoms with Crippen molar-refractivity contribution in [3.05, 3.63) is 35.9 Å². The first-order chi connectivity index (χ1) is 17.4. The quantitative estimate of drug-likeness (QED) is 0.168. The molecule has 4 atom stereocenters. The van der Waals surface area contributed by atoms with E-state index in [9.17, 15) is 24.3 Å². The molecule has 37 heavy (non-hydrogen) atoms. The average Bonchev–Trinajstić information content (AvgIpc) is 2.82. The minimum atomic E-state index is -1.17. The summed E-state index contributed by atoms with van der Waals surface area (Å²) >= 11 is 0. The molecular formula is C27H45N5O5. The summed E-state index contributed by atoms with van der Waals surface area (Å²) in [4.78, 5) is 50.9. The van der Waals surface area contributed by atoms with Crippen molar-refractivity contribution in [2.75, 3.05) is 6.54 Å². The van der Waals surface area contributed by atoms with E-state index in [-0.39, 0.29) is 24.7 Å². The van der Waals surface area contributed by atoms with Crippen LogP contribution in [0.1, 0.15) is 65.4 Å². The van der Waals surface area contributed by atoms with E-state index in [4.69, 9.17) is 11.5 Å². The summed E-state index contributed by atoms with van der Waals surface area (Å²) in [5.74, 6) is -2.40. The van der Waals surface area contributed by atoms with Crippen molar-refractivity contribution in [1.29, 1.82) is 0 Å². The molecule has 0 heterocycles. The highest BCUT2D eigenvalue weighted by Gasteiger charge is 2.30. The maximum atomic E-state index is 13.2. The van der Waals surface area contributed by atoms with Gasteiger partial charge in [-0.1, -0.05) is 58.0 Å². The Morgan fingerprint density at radius 1 is 0.784 bits per heavy atom. The van der Waals surface area contributed by atoms with Crippen LogP contribution in [0, 0.1) is 11.8 Å². The topological polar surface area (TPSA) is 177 Å². The fourth-order valence-electron chi connectivity index (χ4n) is 3.95. The van der Waals surface area contributed by atoms with Gasteiger partial charge in [-0.25, -0.2) is 4.79 Å². The number of nitrogens with two attached hydrogens (primary N) is 2. The van der Waals surface area contributed by atoms with Crippen LogP contribution in [0.5, 0.6) is 0 Å². The van der Waals surface area contributed by atoms with E-state index in [1.165, 1.54) is 0 Å². The lowest BCUT2D eigenvalue weighted by molar-refractivity contribution is -0.142. The van der Waals surface area contributed by atoms with Gasteiger partial charge in [-0.05, 0) is 56.0 Å². The van der Waals surface area contributed by atoms with Gasteiger partial charge < -0.3 is 32.5 Å². The number of carboxylic acids is 1. The maximum Gasteiger partial charge on any atom is 0.326 e. The van der Waals surface area contributed by atoms with Crippen LogP contribution in [0.2, 0.25) is 0 Å². The van der Waals surface area contributed by atoms with Crippen LogP contribution in [0.3, 0.4) is 0 Å². The predicted octanol–water partition coefficient (Wildman–Crippen LogP) is 1.32. The summed E-state index contributed by atoms with van der Waals surface area (Å²) in [7, 11) is 0. The Morgan fingerprint density at radius 3 is 1.86 bits per heavy atom. The summed E-state index contributed by atoms with van der Waals surface area (Å²) in [6.45, 7) is 8.18. The van der Waals surface area contributed by atoms with E-state index >= 15 is 0 Å². The number of hydrogen-bond acceptors (Lipinski definition) is 6. The Bertz CT molecular complexity index is 862. The molecule has 208 valence electrons. The summed E-state index contributed by atoms with van der Waals surface area (Å²) < 4.78 is 0. The normalized spacial score (nSPS) is 14.5. The molecule has 8 N–H and O–H groups in total. The van der Waals surface area contributed by atoms with Crippen LogP contribution in [0.15, 0.2) is 30.3 Å². The maximum absolute atomic E-state index is 13.2. The molecule has 1 aromatic rings. The van der Waals surface area contributed by atoms with Crippen LogP contribution in [0.4, 0.5) is 0 Å². The van der Waals surface area contributed by atoms with Crippen molar-refractivity contribution in [3.63, 3.8) is 0 Å². The molecule has 0 aliphatic heterocycles. The Hall–Kier alpha value is -2.98. The van der Waals surface area contributed by atoms with Crippen LogP contribution in [0.25, 0.3) is 0 Å². The van der Waals surface area contributed by atoms with Gasteiger partial charge in [-0.3, -0.25) is 14.4 Å². The number of nitrogens with one attached hydrogen (secondary N) is 3. The lowest BCUT2D eigenvalue weighted by Gasteiger charge is -2.26.